The Morgan fingerprint density at radius 2 is 2.24 bits per heavy atom. The fraction of sp³-hybridized carbons (Fsp3) is 0.385. The van der Waals surface area contributed by atoms with Gasteiger partial charge in [-0.2, -0.15) is 5.26 Å². The van der Waals surface area contributed by atoms with Crippen LogP contribution in [0.4, 0.5) is 0 Å². The summed E-state index contributed by atoms with van der Waals surface area (Å²) in [5.41, 5.74) is 2.02. The van der Waals surface area contributed by atoms with Gasteiger partial charge in [0.05, 0.1) is 34.3 Å². The third kappa shape index (κ3) is 3.73. The van der Waals surface area contributed by atoms with Crippen LogP contribution in [0, 0.1) is 11.3 Å². The highest BCUT2D eigenvalue weighted by Gasteiger charge is 2.15. The lowest BCUT2D eigenvalue weighted by Crippen LogP contribution is -2.26. The number of rotatable bonds is 5. The molecule has 1 N–H and O–H groups in total. The molecule has 2 rings (SSSR count). The van der Waals surface area contributed by atoms with Crippen molar-refractivity contribution in [1.29, 1.82) is 5.26 Å². The Labute approximate surface area is 128 Å². The summed E-state index contributed by atoms with van der Waals surface area (Å²) in [5.74, 6) is 0.650. The third-order valence-electron chi connectivity index (χ3n) is 2.96. The minimum absolute atomic E-state index is 0.234. The maximum atomic E-state index is 11.1. The van der Waals surface area contributed by atoms with Crippen LogP contribution in [0.1, 0.15) is 23.7 Å². The molecule has 1 aromatic heterocycles. The molecule has 21 heavy (non-hydrogen) atoms. The lowest BCUT2D eigenvalue weighted by atomic mass is 10.2. The first-order valence-electron chi connectivity index (χ1n) is 6.31. The molecule has 2 aromatic rings. The van der Waals surface area contributed by atoms with Gasteiger partial charge in [0.2, 0.25) is 10.0 Å². The van der Waals surface area contributed by atoms with Crippen molar-refractivity contribution in [2.45, 2.75) is 18.8 Å². The van der Waals surface area contributed by atoms with Crippen molar-refractivity contribution >= 4 is 32.7 Å². The van der Waals surface area contributed by atoms with E-state index in [1.54, 1.807) is 25.1 Å². The molecule has 1 aromatic carbocycles. The van der Waals surface area contributed by atoms with E-state index in [0.29, 0.717) is 17.9 Å². The van der Waals surface area contributed by atoms with E-state index >= 15 is 0 Å². The number of nitriles is 1. The normalized spacial score (nSPS) is 13.2. The van der Waals surface area contributed by atoms with E-state index in [9.17, 15) is 8.42 Å². The summed E-state index contributed by atoms with van der Waals surface area (Å²) >= 11 is 6.14. The fourth-order valence-corrected chi connectivity index (χ4v) is 2.72. The molecule has 6 nitrogen and oxygen atoms in total. The average Bonchev–Trinajstić information content (AvgIpc) is 2.75. The van der Waals surface area contributed by atoms with Crippen molar-refractivity contribution in [2.24, 2.45) is 0 Å². The molecule has 0 saturated carbocycles. The first-order valence-corrected chi connectivity index (χ1v) is 8.63. The predicted octanol–water partition coefficient (Wildman–Crippen LogP) is 1.76. The van der Waals surface area contributed by atoms with Gasteiger partial charge in [0.25, 0.3) is 0 Å². The zero-order valence-corrected chi connectivity index (χ0v) is 13.2. The number of benzene rings is 1. The molecule has 1 heterocycles. The van der Waals surface area contributed by atoms with Crippen molar-refractivity contribution in [3.8, 4) is 6.07 Å². The minimum Gasteiger partial charge on any atom is -0.325 e. The topological polar surface area (TPSA) is 87.8 Å². The molecule has 0 aliphatic rings. The second-order valence-corrected chi connectivity index (χ2v) is 7.21. The molecule has 0 spiro atoms. The number of nitrogens with one attached hydrogen (secondary N) is 1. The Morgan fingerprint density at radius 3 is 2.81 bits per heavy atom. The van der Waals surface area contributed by atoms with E-state index < -0.39 is 10.0 Å². The molecule has 0 fully saturated rings. The van der Waals surface area contributed by atoms with Crippen molar-refractivity contribution in [3.05, 3.63) is 29.6 Å². The number of sulfonamides is 1. The summed E-state index contributed by atoms with van der Waals surface area (Å²) in [6.45, 7) is 2.43. The highest BCUT2D eigenvalue weighted by molar-refractivity contribution is 7.88. The van der Waals surface area contributed by atoms with E-state index in [2.05, 4.69) is 15.8 Å². The Morgan fingerprint density at radius 1 is 1.52 bits per heavy atom. The number of hydrogen-bond acceptors (Lipinski definition) is 4. The highest BCUT2D eigenvalue weighted by atomic mass is 35.5. The van der Waals surface area contributed by atoms with Crippen LogP contribution in [-0.4, -0.2) is 30.8 Å². The van der Waals surface area contributed by atoms with Gasteiger partial charge in [0.1, 0.15) is 5.82 Å². The Hall–Kier alpha value is -1.62. The van der Waals surface area contributed by atoms with Gasteiger partial charge in [-0.25, -0.2) is 18.1 Å². The van der Waals surface area contributed by atoms with Gasteiger partial charge in [0.15, 0.2) is 0 Å². The highest BCUT2D eigenvalue weighted by Crippen LogP contribution is 2.25. The summed E-state index contributed by atoms with van der Waals surface area (Å²) in [6, 6.07) is 7.26. The summed E-state index contributed by atoms with van der Waals surface area (Å²) in [6.07, 6.45) is 1.11. The number of nitrogens with zero attached hydrogens (tertiary/aromatic N) is 3. The number of alkyl halides is 1. The molecule has 0 saturated heterocycles. The molecule has 1 unspecified atom stereocenters. The average molecular weight is 327 g/mol. The maximum Gasteiger partial charge on any atom is 0.208 e. The van der Waals surface area contributed by atoms with E-state index in [1.165, 1.54) is 0 Å². The first kappa shape index (κ1) is 15.8. The van der Waals surface area contributed by atoms with Crippen molar-refractivity contribution in [1.82, 2.24) is 14.3 Å². The van der Waals surface area contributed by atoms with Crippen LogP contribution in [0.5, 0.6) is 0 Å². The Bertz CT molecular complexity index is 805. The third-order valence-corrected chi connectivity index (χ3v) is 3.89. The van der Waals surface area contributed by atoms with Crippen LogP contribution < -0.4 is 4.72 Å². The summed E-state index contributed by atoms with van der Waals surface area (Å²) in [5, 5.41) is 8.67. The number of aromatic nitrogens is 2. The molecule has 1 atom stereocenters. The lowest BCUT2D eigenvalue weighted by Gasteiger charge is -2.10. The van der Waals surface area contributed by atoms with E-state index in [-0.39, 0.29) is 11.9 Å². The van der Waals surface area contributed by atoms with Crippen LogP contribution in [0.15, 0.2) is 18.2 Å². The van der Waals surface area contributed by atoms with Crippen LogP contribution >= 0.6 is 11.6 Å². The van der Waals surface area contributed by atoms with Gasteiger partial charge in [-0.1, -0.05) is 0 Å². The van der Waals surface area contributed by atoms with Gasteiger partial charge in [-0.15, -0.1) is 11.6 Å². The minimum atomic E-state index is -3.25. The van der Waals surface area contributed by atoms with Gasteiger partial charge in [-0.05, 0) is 25.1 Å². The molecule has 0 bridgehead atoms. The Kier molecular flexibility index (Phi) is 4.52. The van der Waals surface area contributed by atoms with Gasteiger partial charge < -0.3 is 4.57 Å². The zero-order chi connectivity index (χ0) is 15.6. The van der Waals surface area contributed by atoms with Crippen LogP contribution in [0.3, 0.4) is 0 Å². The van der Waals surface area contributed by atoms with Crippen LogP contribution in [0.2, 0.25) is 0 Å². The molecule has 112 valence electrons. The second-order valence-electron chi connectivity index (χ2n) is 4.72. The number of fused-ring (bicyclic) bond motifs is 1. The molecule has 0 aliphatic heterocycles. The van der Waals surface area contributed by atoms with Crippen molar-refractivity contribution < 1.29 is 8.42 Å². The number of imidazole rings is 1. The van der Waals surface area contributed by atoms with Crippen LogP contribution in [-0.2, 0) is 16.6 Å². The molecular weight excluding hydrogens is 312 g/mol. The zero-order valence-electron chi connectivity index (χ0n) is 11.7. The second kappa shape index (κ2) is 6.02. The standard InChI is InChI=1S/C13H15ClN4O2S/c1-9(14)13-17-11-4-3-10(8-15)7-12(11)18(13)6-5-16-21(2,19)20/h3-4,7,9,16H,5-6H2,1-2H3. The van der Waals surface area contributed by atoms with Gasteiger partial charge in [-0.3, -0.25) is 0 Å². The van der Waals surface area contributed by atoms with E-state index in [0.717, 1.165) is 17.3 Å². The van der Waals surface area contributed by atoms with Gasteiger partial charge in [0, 0.05) is 13.1 Å². The molecule has 0 radical (unpaired) electrons. The summed E-state index contributed by atoms with van der Waals surface area (Å²) in [7, 11) is -3.25. The fourth-order valence-electron chi connectivity index (χ4n) is 2.09. The molecule has 0 amide bonds. The largest absolute Gasteiger partial charge is 0.325 e. The Balaban J connectivity index is 2.42. The van der Waals surface area contributed by atoms with Gasteiger partial charge >= 0.3 is 0 Å². The lowest BCUT2D eigenvalue weighted by molar-refractivity contribution is 0.577. The summed E-state index contributed by atoms with van der Waals surface area (Å²) in [4.78, 5) is 4.45. The smallest absolute Gasteiger partial charge is 0.208 e. The van der Waals surface area contributed by atoms with Crippen molar-refractivity contribution in [2.75, 3.05) is 12.8 Å². The van der Waals surface area contributed by atoms with E-state index in [4.69, 9.17) is 16.9 Å². The predicted molar refractivity (Wildman–Crippen MR) is 81.6 cm³/mol. The van der Waals surface area contributed by atoms with Crippen molar-refractivity contribution in [3.63, 3.8) is 0 Å². The molecule has 8 heteroatoms. The first-order chi connectivity index (χ1) is 9.81. The molecule has 0 aliphatic carbocycles. The SMILES string of the molecule is CC(Cl)c1nc2ccc(C#N)cc2n1CCNS(C)(=O)=O. The maximum absolute atomic E-state index is 11.1. The summed E-state index contributed by atoms with van der Waals surface area (Å²) < 4.78 is 26.5. The monoisotopic (exact) mass is 326 g/mol. The number of halogens is 1. The van der Waals surface area contributed by atoms with E-state index in [1.807, 2.05) is 4.57 Å². The molecular formula is C13H15ClN4O2S. The quantitative estimate of drug-likeness (QED) is 0.848. The number of hydrogen-bond donors (Lipinski definition) is 1. The van der Waals surface area contributed by atoms with Crippen LogP contribution in [0.25, 0.3) is 11.0 Å².